The van der Waals surface area contributed by atoms with Crippen LogP contribution in [0.2, 0.25) is 0 Å². The monoisotopic (exact) mass is 502 g/mol. The second kappa shape index (κ2) is 7.46. The van der Waals surface area contributed by atoms with Crippen LogP contribution >= 0.6 is 15.9 Å². The maximum atomic E-state index is 15.1. The zero-order valence-electron chi connectivity index (χ0n) is 18.3. The summed E-state index contributed by atoms with van der Waals surface area (Å²) in [7, 11) is 0. The maximum Gasteiger partial charge on any atom is 0.294 e. The fourth-order valence-electron chi connectivity index (χ4n) is 7.38. The summed E-state index contributed by atoms with van der Waals surface area (Å²) in [6.07, 6.45) is 6.50. The van der Waals surface area contributed by atoms with Crippen molar-refractivity contribution in [3.8, 4) is 0 Å². The summed E-state index contributed by atoms with van der Waals surface area (Å²) in [5, 5.41) is 11.5. The van der Waals surface area contributed by atoms with Gasteiger partial charge in [0.2, 0.25) is 0 Å². The van der Waals surface area contributed by atoms with Crippen molar-refractivity contribution in [2.75, 3.05) is 0 Å². The molecule has 32 heavy (non-hydrogen) atoms. The lowest BCUT2D eigenvalue weighted by molar-refractivity contribution is -0.213. The van der Waals surface area contributed by atoms with Crippen molar-refractivity contribution < 1.29 is 18.7 Å². The minimum atomic E-state index is -3.34. The number of carbonyl (C=O) groups is 1. The third-order valence-corrected chi connectivity index (χ3v) is 9.50. The molecule has 3 unspecified atom stereocenters. The van der Waals surface area contributed by atoms with Crippen molar-refractivity contribution in [1.29, 1.82) is 0 Å². The Kier molecular flexibility index (Phi) is 5.18. The second-order valence-electron chi connectivity index (χ2n) is 10.3. The van der Waals surface area contributed by atoms with Crippen LogP contribution in [0.5, 0.6) is 0 Å². The first-order chi connectivity index (χ1) is 15.1. The van der Waals surface area contributed by atoms with E-state index in [4.69, 9.17) is 0 Å². The molecule has 0 spiro atoms. The Morgan fingerprint density at radius 3 is 2.59 bits per heavy atom. The summed E-state index contributed by atoms with van der Waals surface area (Å²) >= 11 is 3.50. The summed E-state index contributed by atoms with van der Waals surface area (Å²) in [5.41, 5.74) is 1.82. The van der Waals surface area contributed by atoms with E-state index in [2.05, 4.69) is 34.6 Å². The average molecular weight is 503 g/mol. The Morgan fingerprint density at radius 1 is 1.19 bits per heavy atom. The van der Waals surface area contributed by atoms with E-state index in [1.807, 2.05) is 25.1 Å². The van der Waals surface area contributed by atoms with Gasteiger partial charge in [-0.1, -0.05) is 47.1 Å². The molecule has 2 saturated carbocycles. The smallest absolute Gasteiger partial charge is 0.294 e. The van der Waals surface area contributed by atoms with Crippen molar-refractivity contribution in [3.05, 3.63) is 69.8 Å². The van der Waals surface area contributed by atoms with E-state index in [1.165, 1.54) is 11.1 Å². The van der Waals surface area contributed by atoms with E-state index in [9.17, 15) is 9.90 Å². The summed E-state index contributed by atoms with van der Waals surface area (Å²) < 4.78 is 31.3. The summed E-state index contributed by atoms with van der Waals surface area (Å²) in [5.74, 6) is -3.07. The van der Waals surface area contributed by atoms with E-state index in [1.54, 1.807) is 0 Å². The van der Waals surface area contributed by atoms with Crippen molar-refractivity contribution in [1.82, 2.24) is 0 Å². The number of hydrogen-bond donors (Lipinski definition) is 1. The molecular weight excluding hydrogens is 474 g/mol. The number of halogens is 3. The molecule has 170 valence electrons. The molecule has 2 nitrogen and oxygen atoms in total. The van der Waals surface area contributed by atoms with Gasteiger partial charge in [0.05, 0.1) is 0 Å². The second-order valence-corrected chi connectivity index (χ2v) is 11.2. The van der Waals surface area contributed by atoms with Gasteiger partial charge in [-0.15, -0.1) is 0 Å². The van der Waals surface area contributed by atoms with Gasteiger partial charge < -0.3 is 5.11 Å². The molecule has 2 fully saturated rings. The normalized spacial score (nSPS) is 36.8. The quantitative estimate of drug-likeness (QED) is 0.456. The first-order valence-electron chi connectivity index (χ1n) is 11.6. The zero-order chi connectivity index (χ0) is 22.9. The SMILES string of the molecule is C=CC(F)(F)[C@]1(O)CCC2C3CCC4=CC(=O)CCC4=C3C(c3ccc(Br)cc3)C[C@@]21C. The van der Waals surface area contributed by atoms with Crippen molar-refractivity contribution in [2.24, 2.45) is 17.3 Å². The lowest BCUT2D eigenvalue weighted by Crippen LogP contribution is -2.59. The lowest BCUT2D eigenvalue weighted by Gasteiger charge is -2.55. The highest BCUT2D eigenvalue weighted by molar-refractivity contribution is 9.10. The molecular formula is C27H29BrF2O2. The number of allylic oxidation sites excluding steroid dienone is 4. The summed E-state index contributed by atoms with van der Waals surface area (Å²) in [6.45, 7) is 5.24. The Morgan fingerprint density at radius 2 is 1.91 bits per heavy atom. The fourth-order valence-corrected chi connectivity index (χ4v) is 7.64. The van der Waals surface area contributed by atoms with Gasteiger partial charge in [0.15, 0.2) is 5.78 Å². The number of carbonyl (C=O) groups excluding carboxylic acids is 1. The third-order valence-electron chi connectivity index (χ3n) is 8.97. The molecule has 5 rings (SSSR count). The number of hydrogen-bond acceptors (Lipinski definition) is 2. The van der Waals surface area contributed by atoms with Crippen molar-refractivity contribution in [3.63, 3.8) is 0 Å². The van der Waals surface area contributed by atoms with E-state index in [-0.39, 0.29) is 30.0 Å². The standard InChI is InChI=1S/C27H29BrF2O2/c1-3-27(29,30)26(32)13-12-23-21-10-6-17-14-19(31)9-11-20(17)24(21)22(15-25(23,26)2)16-4-7-18(28)8-5-16/h3-5,7-8,14,21-23,32H,1,6,9-13,15H2,2H3/t21?,22?,23?,25-,26-/m0/s1. The highest BCUT2D eigenvalue weighted by atomic mass is 79.9. The Balaban J connectivity index is 1.70. The van der Waals surface area contributed by atoms with Crippen LogP contribution in [0.25, 0.3) is 0 Å². The van der Waals surface area contributed by atoms with Gasteiger partial charge in [0.1, 0.15) is 5.60 Å². The van der Waals surface area contributed by atoms with Gasteiger partial charge in [-0.3, -0.25) is 4.79 Å². The summed E-state index contributed by atoms with van der Waals surface area (Å²) in [4.78, 5) is 12.1. The topological polar surface area (TPSA) is 37.3 Å². The lowest BCUT2D eigenvalue weighted by atomic mass is 9.50. The number of alkyl halides is 2. The highest BCUT2D eigenvalue weighted by Crippen LogP contribution is 2.69. The molecule has 0 radical (unpaired) electrons. The molecule has 0 saturated heterocycles. The van der Waals surface area contributed by atoms with Crippen LogP contribution in [-0.4, -0.2) is 22.4 Å². The van der Waals surface area contributed by atoms with Crippen molar-refractivity contribution >= 4 is 21.7 Å². The van der Waals surface area contributed by atoms with E-state index in [0.29, 0.717) is 25.3 Å². The molecule has 5 heteroatoms. The minimum Gasteiger partial charge on any atom is -0.383 e. The number of ketones is 1. The molecule has 4 aliphatic rings. The van der Waals surface area contributed by atoms with E-state index >= 15 is 8.78 Å². The Labute approximate surface area is 196 Å². The van der Waals surface area contributed by atoms with E-state index in [0.717, 1.165) is 34.9 Å². The Hall–Kier alpha value is -1.59. The number of benzene rings is 1. The van der Waals surface area contributed by atoms with Gasteiger partial charge in [-0.05, 0) is 91.4 Å². The van der Waals surface area contributed by atoms with Gasteiger partial charge >= 0.3 is 0 Å². The number of aliphatic hydroxyl groups is 1. The maximum absolute atomic E-state index is 15.1. The van der Waals surface area contributed by atoms with E-state index < -0.39 is 16.9 Å². The van der Waals surface area contributed by atoms with Crippen LogP contribution in [-0.2, 0) is 4.79 Å². The molecule has 4 aliphatic carbocycles. The van der Waals surface area contributed by atoms with Gasteiger partial charge in [0, 0.05) is 22.2 Å². The van der Waals surface area contributed by atoms with Crippen LogP contribution in [0.3, 0.4) is 0 Å². The molecule has 0 bridgehead atoms. The van der Waals surface area contributed by atoms with Crippen molar-refractivity contribution in [2.45, 2.75) is 69.3 Å². The largest absolute Gasteiger partial charge is 0.383 e. The predicted octanol–water partition coefficient (Wildman–Crippen LogP) is 6.90. The predicted molar refractivity (Wildman–Crippen MR) is 124 cm³/mol. The number of rotatable bonds is 3. The zero-order valence-corrected chi connectivity index (χ0v) is 19.9. The Bertz CT molecular complexity index is 1040. The molecule has 0 aliphatic heterocycles. The van der Waals surface area contributed by atoms with Crippen LogP contribution < -0.4 is 0 Å². The van der Waals surface area contributed by atoms with Crippen LogP contribution in [0.15, 0.2) is 64.2 Å². The van der Waals surface area contributed by atoms with Crippen LogP contribution in [0.4, 0.5) is 8.78 Å². The first kappa shape index (κ1) is 22.2. The van der Waals surface area contributed by atoms with Gasteiger partial charge in [-0.2, -0.15) is 8.78 Å². The molecule has 0 aromatic heterocycles. The molecule has 1 N–H and O–H groups in total. The third kappa shape index (κ3) is 3.00. The van der Waals surface area contributed by atoms with Crippen LogP contribution in [0, 0.1) is 17.3 Å². The molecule has 5 atom stereocenters. The van der Waals surface area contributed by atoms with Gasteiger partial charge in [-0.25, -0.2) is 0 Å². The molecule has 0 heterocycles. The number of fused-ring (bicyclic) bond motifs is 4. The average Bonchev–Trinajstić information content (AvgIpc) is 3.05. The first-order valence-corrected chi connectivity index (χ1v) is 12.4. The molecule has 1 aromatic rings. The fraction of sp³-hybridized carbons (Fsp3) is 0.519. The summed E-state index contributed by atoms with van der Waals surface area (Å²) in [6, 6.07) is 8.11. The molecule has 0 amide bonds. The van der Waals surface area contributed by atoms with Crippen LogP contribution in [0.1, 0.15) is 63.4 Å². The van der Waals surface area contributed by atoms with Gasteiger partial charge in [0.25, 0.3) is 5.92 Å². The minimum absolute atomic E-state index is 0.00768. The highest BCUT2D eigenvalue weighted by Gasteiger charge is 2.70. The molecule has 1 aromatic carbocycles.